The minimum Gasteiger partial charge on any atom is -0.466 e. The smallest absolute Gasteiger partial charge is 0.329 e. The van der Waals surface area contributed by atoms with E-state index in [9.17, 15) is 4.79 Å². The molecule has 0 aliphatic heterocycles. The first kappa shape index (κ1) is 13.5. The van der Waals surface area contributed by atoms with Crippen LogP contribution in [0.3, 0.4) is 0 Å². The van der Waals surface area contributed by atoms with Gasteiger partial charge in [-0.15, -0.1) is 0 Å². The second-order valence-corrected chi connectivity index (χ2v) is 2.95. The van der Waals surface area contributed by atoms with Crippen LogP contribution in [0.5, 0.6) is 0 Å². The number of esters is 1. The fourth-order valence-corrected chi connectivity index (χ4v) is 0.828. The summed E-state index contributed by atoms with van der Waals surface area (Å²) in [4.78, 5) is 9.84. The van der Waals surface area contributed by atoms with Gasteiger partial charge in [-0.25, -0.2) is 4.79 Å². The number of carbonyl (C=O) groups excluding carboxylic acids is 1. The summed E-state index contributed by atoms with van der Waals surface area (Å²) >= 11 is 5.61. The SMILES string of the molecule is C=C(Cl)c1ccccc1.C=CC(=O)OC. The van der Waals surface area contributed by atoms with E-state index >= 15 is 0 Å². The van der Waals surface area contributed by atoms with E-state index in [1.807, 2.05) is 30.3 Å². The van der Waals surface area contributed by atoms with Crippen LogP contribution in [0.4, 0.5) is 0 Å². The number of rotatable bonds is 2. The Morgan fingerprint density at radius 3 is 2.13 bits per heavy atom. The Kier molecular flexibility index (Phi) is 7.02. The normalized spacial score (nSPS) is 8.13. The van der Waals surface area contributed by atoms with E-state index in [1.54, 1.807) is 0 Å². The fourth-order valence-electron chi connectivity index (χ4n) is 0.702. The first-order chi connectivity index (χ1) is 7.11. The predicted molar refractivity (Wildman–Crippen MR) is 63.5 cm³/mol. The van der Waals surface area contributed by atoms with E-state index in [-0.39, 0.29) is 0 Å². The highest BCUT2D eigenvalue weighted by atomic mass is 35.5. The number of methoxy groups -OCH3 is 1. The van der Waals surface area contributed by atoms with Crippen molar-refractivity contribution in [1.82, 2.24) is 0 Å². The third-order valence-corrected chi connectivity index (χ3v) is 1.67. The molecule has 0 atom stereocenters. The van der Waals surface area contributed by atoms with Crippen LogP contribution < -0.4 is 0 Å². The molecule has 0 aromatic heterocycles. The molecular weight excluding hydrogens is 212 g/mol. The van der Waals surface area contributed by atoms with Crippen molar-refractivity contribution in [3.05, 3.63) is 55.1 Å². The minimum absolute atomic E-state index is 0.394. The molecule has 0 unspecified atom stereocenters. The van der Waals surface area contributed by atoms with E-state index in [0.29, 0.717) is 5.03 Å². The van der Waals surface area contributed by atoms with Gasteiger partial charge in [0.15, 0.2) is 0 Å². The molecule has 0 aliphatic rings. The largest absolute Gasteiger partial charge is 0.466 e. The highest BCUT2D eigenvalue weighted by Crippen LogP contribution is 2.14. The zero-order valence-electron chi connectivity index (χ0n) is 8.57. The van der Waals surface area contributed by atoms with Gasteiger partial charge in [0.2, 0.25) is 0 Å². The lowest BCUT2D eigenvalue weighted by atomic mass is 10.2. The lowest BCUT2D eigenvalue weighted by Crippen LogP contribution is -1.91. The summed E-state index contributed by atoms with van der Waals surface area (Å²) in [5, 5.41) is 0.593. The number of carbonyl (C=O) groups is 1. The molecule has 0 saturated carbocycles. The second kappa shape index (κ2) is 7.83. The van der Waals surface area contributed by atoms with Gasteiger partial charge in [-0.2, -0.15) is 0 Å². The van der Waals surface area contributed by atoms with Crippen molar-refractivity contribution < 1.29 is 9.53 Å². The Bertz CT molecular complexity index is 331. The maximum Gasteiger partial charge on any atom is 0.329 e. The molecule has 0 heterocycles. The molecule has 0 saturated heterocycles. The Morgan fingerprint density at radius 2 is 1.93 bits per heavy atom. The van der Waals surface area contributed by atoms with Crippen molar-refractivity contribution in [1.29, 1.82) is 0 Å². The van der Waals surface area contributed by atoms with Crippen molar-refractivity contribution >= 4 is 22.6 Å². The van der Waals surface area contributed by atoms with Crippen molar-refractivity contribution in [2.75, 3.05) is 7.11 Å². The molecule has 0 bridgehead atoms. The van der Waals surface area contributed by atoms with E-state index in [2.05, 4.69) is 17.9 Å². The number of ether oxygens (including phenoxy) is 1. The Morgan fingerprint density at radius 1 is 1.40 bits per heavy atom. The summed E-state index contributed by atoms with van der Waals surface area (Å²) in [5.74, 6) is -0.394. The third kappa shape index (κ3) is 6.52. The van der Waals surface area contributed by atoms with Gasteiger partial charge in [0.05, 0.1) is 7.11 Å². The molecule has 0 aliphatic carbocycles. The Hall–Kier alpha value is -1.54. The zero-order chi connectivity index (χ0) is 11.7. The summed E-state index contributed by atoms with van der Waals surface area (Å²) in [6.07, 6.45) is 1.11. The van der Waals surface area contributed by atoms with Crippen LogP contribution in [0, 0.1) is 0 Å². The summed E-state index contributed by atoms with van der Waals surface area (Å²) < 4.78 is 4.14. The van der Waals surface area contributed by atoms with Crippen molar-refractivity contribution in [2.24, 2.45) is 0 Å². The van der Waals surface area contributed by atoms with E-state index < -0.39 is 5.97 Å². The lowest BCUT2D eigenvalue weighted by Gasteiger charge is -1.92. The molecule has 1 aromatic rings. The van der Waals surface area contributed by atoms with Crippen LogP contribution in [0.25, 0.3) is 5.03 Å². The zero-order valence-corrected chi connectivity index (χ0v) is 9.33. The average molecular weight is 225 g/mol. The molecule has 15 heavy (non-hydrogen) atoms. The first-order valence-corrected chi connectivity index (χ1v) is 4.59. The topological polar surface area (TPSA) is 26.3 Å². The van der Waals surface area contributed by atoms with Crippen molar-refractivity contribution in [3.8, 4) is 0 Å². The van der Waals surface area contributed by atoms with Gasteiger partial charge in [-0.05, 0) is 5.56 Å². The van der Waals surface area contributed by atoms with Crippen LogP contribution in [0.1, 0.15) is 5.56 Å². The number of hydrogen-bond acceptors (Lipinski definition) is 2. The standard InChI is InChI=1S/C8H7Cl.C4H6O2/c1-7(9)8-5-3-2-4-6-8;1-3-4(5)6-2/h2-6H,1H2;3H,1H2,2H3. The molecule has 1 rings (SSSR count). The van der Waals surface area contributed by atoms with Gasteiger partial charge >= 0.3 is 5.97 Å². The van der Waals surface area contributed by atoms with E-state index in [0.717, 1.165) is 11.6 Å². The molecule has 80 valence electrons. The highest BCUT2D eigenvalue weighted by Gasteiger charge is 1.88. The van der Waals surface area contributed by atoms with Crippen molar-refractivity contribution in [2.45, 2.75) is 0 Å². The number of benzene rings is 1. The molecule has 1 aromatic carbocycles. The van der Waals surface area contributed by atoms with Gasteiger partial charge < -0.3 is 4.74 Å². The molecular formula is C12H13ClO2. The number of hydrogen-bond donors (Lipinski definition) is 0. The molecule has 0 spiro atoms. The molecule has 0 N–H and O–H groups in total. The monoisotopic (exact) mass is 224 g/mol. The quantitative estimate of drug-likeness (QED) is 0.570. The predicted octanol–water partition coefficient (Wildman–Crippen LogP) is 3.24. The Labute approximate surface area is 94.8 Å². The van der Waals surface area contributed by atoms with Crippen LogP contribution in [0.15, 0.2) is 49.6 Å². The molecule has 0 fully saturated rings. The Balaban J connectivity index is 0.000000288. The minimum atomic E-state index is -0.394. The van der Waals surface area contributed by atoms with Gasteiger partial charge in [0.25, 0.3) is 0 Å². The third-order valence-electron chi connectivity index (χ3n) is 1.45. The molecule has 0 amide bonds. The maximum atomic E-state index is 9.84. The van der Waals surface area contributed by atoms with Gasteiger partial charge in [-0.3, -0.25) is 0 Å². The van der Waals surface area contributed by atoms with E-state index in [4.69, 9.17) is 11.6 Å². The van der Waals surface area contributed by atoms with Crippen LogP contribution >= 0.6 is 11.6 Å². The molecule has 2 nitrogen and oxygen atoms in total. The summed E-state index contributed by atoms with van der Waals surface area (Å²) in [7, 11) is 1.31. The van der Waals surface area contributed by atoms with E-state index in [1.165, 1.54) is 7.11 Å². The van der Waals surface area contributed by atoms with Crippen LogP contribution in [-0.4, -0.2) is 13.1 Å². The van der Waals surface area contributed by atoms with Gasteiger partial charge in [0, 0.05) is 11.1 Å². The number of halogens is 1. The highest BCUT2D eigenvalue weighted by molar-refractivity contribution is 6.48. The first-order valence-electron chi connectivity index (χ1n) is 4.22. The maximum absolute atomic E-state index is 9.84. The average Bonchev–Trinajstić information content (AvgIpc) is 2.30. The summed E-state index contributed by atoms with van der Waals surface area (Å²) in [5.41, 5.74) is 0.985. The molecule has 3 heteroatoms. The second-order valence-electron chi connectivity index (χ2n) is 2.50. The molecule has 0 radical (unpaired) electrons. The lowest BCUT2D eigenvalue weighted by molar-refractivity contribution is -0.134. The van der Waals surface area contributed by atoms with Crippen LogP contribution in [0.2, 0.25) is 0 Å². The van der Waals surface area contributed by atoms with Crippen LogP contribution in [-0.2, 0) is 9.53 Å². The van der Waals surface area contributed by atoms with Gasteiger partial charge in [0.1, 0.15) is 0 Å². The summed E-state index contributed by atoms with van der Waals surface area (Å²) in [6, 6.07) is 9.67. The van der Waals surface area contributed by atoms with Crippen molar-refractivity contribution in [3.63, 3.8) is 0 Å². The fraction of sp³-hybridized carbons (Fsp3) is 0.0833. The van der Waals surface area contributed by atoms with Gasteiger partial charge in [-0.1, -0.05) is 55.1 Å². The summed E-state index contributed by atoms with van der Waals surface area (Å²) in [6.45, 7) is 6.75.